The zero-order chi connectivity index (χ0) is 14.3. The second-order valence-corrected chi connectivity index (χ2v) is 5.97. The molecule has 0 bridgehead atoms. The number of rotatable bonds is 8. The second-order valence-electron chi connectivity index (χ2n) is 5.97. The van der Waals surface area contributed by atoms with Gasteiger partial charge in [-0.3, -0.25) is 0 Å². The van der Waals surface area contributed by atoms with Crippen LogP contribution in [0.4, 0.5) is 0 Å². The van der Waals surface area contributed by atoms with Crippen LogP contribution < -0.4 is 5.32 Å². The zero-order valence-corrected chi connectivity index (χ0v) is 13.2. The number of aryl methyl sites for hydroxylation is 1. The van der Waals surface area contributed by atoms with Crippen LogP contribution in [0.2, 0.25) is 0 Å². The fraction of sp³-hybridized carbons (Fsp3) is 0.647. The average Bonchev–Trinajstić information content (AvgIpc) is 2.33. The molecule has 2 heteroatoms. The van der Waals surface area contributed by atoms with Crippen LogP contribution in [0.15, 0.2) is 24.3 Å². The molecule has 0 heterocycles. The van der Waals surface area contributed by atoms with Crippen molar-refractivity contribution >= 4 is 0 Å². The summed E-state index contributed by atoms with van der Waals surface area (Å²) in [7, 11) is 2.22. The van der Waals surface area contributed by atoms with Gasteiger partial charge in [0.05, 0.1) is 0 Å². The highest BCUT2D eigenvalue weighted by Crippen LogP contribution is 2.18. The Morgan fingerprint density at radius 1 is 1.26 bits per heavy atom. The van der Waals surface area contributed by atoms with Gasteiger partial charge in [0.1, 0.15) is 0 Å². The molecule has 1 N–H and O–H groups in total. The summed E-state index contributed by atoms with van der Waals surface area (Å²) in [6.45, 7) is 12.2. The van der Waals surface area contributed by atoms with E-state index in [-0.39, 0.29) is 0 Å². The van der Waals surface area contributed by atoms with Gasteiger partial charge in [-0.1, -0.05) is 50.6 Å². The SMILES string of the molecule is CCNC(CCN(C)CC(C)C)c1cccc(C)c1. The molecular formula is C17H30N2. The van der Waals surface area contributed by atoms with Gasteiger partial charge in [-0.05, 0) is 45.0 Å². The normalized spacial score (nSPS) is 13.2. The van der Waals surface area contributed by atoms with Crippen molar-refractivity contribution in [1.82, 2.24) is 10.2 Å². The first-order chi connectivity index (χ1) is 9.02. The van der Waals surface area contributed by atoms with E-state index in [1.165, 1.54) is 24.1 Å². The zero-order valence-electron chi connectivity index (χ0n) is 13.2. The molecule has 0 fully saturated rings. The Bertz CT molecular complexity index is 360. The van der Waals surface area contributed by atoms with Crippen molar-refractivity contribution in [2.24, 2.45) is 5.92 Å². The van der Waals surface area contributed by atoms with E-state index in [4.69, 9.17) is 0 Å². The lowest BCUT2D eigenvalue weighted by Gasteiger charge is -2.24. The third kappa shape index (κ3) is 6.22. The minimum Gasteiger partial charge on any atom is -0.310 e. The van der Waals surface area contributed by atoms with Crippen LogP contribution >= 0.6 is 0 Å². The molecule has 1 aromatic rings. The highest BCUT2D eigenvalue weighted by atomic mass is 15.1. The maximum atomic E-state index is 3.61. The van der Waals surface area contributed by atoms with E-state index < -0.39 is 0 Å². The van der Waals surface area contributed by atoms with Crippen molar-refractivity contribution in [2.75, 3.05) is 26.7 Å². The topological polar surface area (TPSA) is 15.3 Å². The lowest BCUT2D eigenvalue weighted by atomic mass is 10.0. The summed E-state index contributed by atoms with van der Waals surface area (Å²) in [5, 5.41) is 3.61. The van der Waals surface area contributed by atoms with Gasteiger partial charge in [0, 0.05) is 12.6 Å². The molecule has 108 valence electrons. The van der Waals surface area contributed by atoms with Crippen molar-refractivity contribution < 1.29 is 0 Å². The van der Waals surface area contributed by atoms with Gasteiger partial charge in [0.25, 0.3) is 0 Å². The van der Waals surface area contributed by atoms with Gasteiger partial charge >= 0.3 is 0 Å². The first-order valence-corrected chi connectivity index (χ1v) is 7.51. The van der Waals surface area contributed by atoms with E-state index in [9.17, 15) is 0 Å². The molecule has 0 saturated heterocycles. The minimum absolute atomic E-state index is 0.472. The Morgan fingerprint density at radius 3 is 2.58 bits per heavy atom. The van der Waals surface area contributed by atoms with Gasteiger partial charge < -0.3 is 10.2 Å². The Kier molecular flexibility index (Phi) is 7.11. The van der Waals surface area contributed by atoms with Crippen LogP contribution in [0, 0.1) is 12.8 Å². The molecule has 0 aromatic heterocycles. The summed E-state index contributed by atoms with van der Waals surface area (Å²) in [4.78, 5) is 2.44. The maximum absolute atomic E-state index is 3.61. The summed E-state index contributed by atoms with van der Waals surface area (Å²) in [5.41, 5.74) is 2.76. The molecule has 1 atom stereocenters. The maximum Gasteiger partial charge on any atom is 0.0332 e. The van der Waals surface area contributed by atoms with Gasteiger partial charge in [-0.15, -0.1) is 0 Å². The molecule has 1 rings (SSSR count). The first-order valence-electron chi connectivity index (χ1n) is 7.51. The molecule has 1 aromatic carbocycles. The predicted molar refractivity (Wildman–Crippen MR) is 84.5 cm³/mol. The third-order valence-corrected chi connectivity index (χ3v) is 3.37. The third-order valence-electron chi connectivity index (χ3n) is 3.37. The quantitative estimate of drug-likeness (QED) is 0.769. The van der Waals surface area contributed by atoms with Crippen molar-refractivity contribution in [3.63, 3.8) is 0 Å². The summed E-state index contributed by atoms with van der Waals surface area (Å²) in [6.07, 6.45) is 1.17. The van der Waals surface area contributed by atoms with E-state index >= 15 is 0 Å². The van der Waals surface area contributed by atoms with E-state index in [0.717, 1.165) is 19.0 Å². The minimum atomic E-state index is 0.472. The highest BCUT2D eigenvalue weighted by molar-refractivity contribution is 5.25. The number of nitrogens with one attached hydrogen (secondary N) is 1. The summed E-state index contributed by atoms with van der Waals surface area (Å²) in [6, 6.07) is 9.34. The van der Waals surface area contributed by atoms with Crippen LogP contribution in [-0.2, 0) is 0 Å². The Balaban J connectivity index is 2.58. The van der Waals surface area contributed by atoms with E-state index in [1.54, 1.807) is 0 Å². The molecule has 0 aliphatic rings. The highest BCUT2D eigenvalue weighted by Gasteiger charge is 2.11. The molecule has 0 aliphatic heterocycles. The van der Waals surface area contributed by atoms with Crippen molar-refractivity contribution in [3.05, 3.63) is 35.4 Å². The largest absolute Gasteiger partial charge is 0.310 e. The molecule has 0 saturated carbocycles. The lowest BCUT2D eigenvalue weighted by Crippen LogP contribution is -2.29. The Hall–Kier alpha value is -0.860. The molecular weight excluding hydrogens is 232 g/mol. The number of benzene rings is 1. The van der Waals surface area contributed by atoms with Crippen LogP contribution in [0.3, 0.4) is 0 Å². The summed E-state index contributed by atoms with van der Waals surface area (Å²) in [5.74, 6) is 0.738. The molecule has 1 unspecified atom stereocenters. The van der Waals surface area contributed by atoms with Gasteiger partial charge in [0.2, 0.25) is 0 Å². The Morgan fingerprint density at radius 2 is 2.00 bits per heavy atom. The fourth-order valence-electron chi connectivity index (χ4n) is 2.58. The van der Waals surface area contributed by atoms with Crippen LogP contribution in [-0.4, -0.2) is 31.6 Å². The average molecular weight is 262 g/mol. The molecule has 0 spiro atoms. The fourth-order valence-corrected chi connectivity index (χ4v) is 2.58. The van der Waals surface area contributed by atoms with E-state index in [2.05, 4.69) is 69.2 Å². The molecule has 2 nitrogen and oxygen atoms in total. The van der Waals surface area contributed by atoms with E-state index in [1.807, 2.05) is 0 Å². The van der Waals surface area contributed by atoms with Crippen LogP contribution in [0.25, 0.3) is 0 Å². The van der Waals surface area contributed by atoms with Gasteiger partial charge in [-0.2, -0.15) is 0 Å². The van der Waals surface area contributed by atoms with Crippen LogP contribution in [0.5, 0.6) is 0 Å². The number of nitrogens with zero attached hydrogens (tertiary/aromatic N) is 1. The van der Waals surface area contributed by atoms with Gasteiger partial charge in [0.15, 0.2) is 0 Å². The molecule has 0 aliphatic carbocycles. The van der Waals surface area contributed by atoms with Crippen molar-refractivity contribution in [2.45, 2.75) is 40.2 Å². The standard InChI is InChI=1S/C17H30N2/c1-6-18-17(10-11-19(5)13-14(2)3)16-9-7-8-15(4)12-16/h7-9,12,14,17-18H,6,10-11,13H2,1-5H3. The summed E-state index contributed by atoms with van der Waals surface area (Å²) < 4.78 is 0. The Labute approximate surface area is 119 Å². The molecule has 19 heavy (non-hydrogen) atoms. The van der Waals surface area contributed by atoms with Gasteiger partial charge in [-0.25, -0.2) is 0 Å². The monoisotopic (exact) mass is 262 g/mol. The number of hydrogen-bond donors (Lipinski definition) is 1. The second kappa shape index (κ2) is 8.34. The van der Waals surface area contributed by atoms with E-state index in [0.29, 0.717) is 6.04 Å². The van der Waals surface area contributed by atoms with Crippen molar-refractivity contribution in [3.8, 4) is 0 Å². The summed E-state index contributed by atoms with van der Waals surface area (Å²) >= 11 is 0. The first kappa shape index (κ1) is 16.2. The van der Waals surface area contributed by atoms with Crippen molar-refractivity contribution in [1.29, 1.82) is 0 Å². The number of hydrogen-bond acceptors (Lipinski definition) is 2. The molecule has 0 radical (unpaired) electrons. The lowest BCUT2D eigenvalue weighted by molar-refractivity contribution is 0.277. The predicted octanol–water partition coefficient (Wildman–Crippen LogP) is 3.62. The smallest absolute Gasteiger partial charge is 0.0332 e. The molecule has 0 amide bonds. The van der Waals surface area contributed by atoms with Crippen LogP contribution in [0.1, 0.15) is 44.4 Å².